The topological polar surface area (TPSA) is 107 Å². The van der Waals surface area contributed by atoms with E-state index in [1.54, 1.807) is 6.92 Å². The van der Waals surface area contributed by atoms with Crippen LogP contribution in [0.25, 0.3) is 11.1 Å². The summed E-state index contributed by atoms with van der Waals surface area (Å²) < 4.78 is 5.98. The van der Waals surface area contributed by atoms with Crippen molar-refractivity contribution >= 4 is 22.7 Å². The van der Waals surface area contributed by atoms with Crippen LogP contribution in [0.1, 0.15) is 6.92 Å². The normalized spacial score (nSPS) is 10.6. The highest BCUT2D eigenvalue weighted by Crippen LogP contribution is 2.19. The van der Waals surface area contributed by atoms with Gasteiger partial charge in [-0.25, -0.2) is 4.79 Å². The number of oxazole rings is 1. The number of nitro benzene ring substituents is 1. The fourth-order valence-electron chi connectivity index (χ4n) is 1.71. The maximum atomic E-state index is 11.6. The number of hydrogen-bond acceptors (Lipinski definition) is 5. The van der Waals surface area contributed by atoms with Gasteiger partial charge in [-0.1, -0.05) is 0 Å². The molecule has 0 radical (unpaired) electrons. The largest absolute Gasteiger partial charge is 0.420 e. The molecule has 0 saturated heterocycles. The number of likely N-dealkylation sites (N-methyl/N-ethyl adjacent to an activating group) is 1. The molecule has 0 atom stereocenters. The highest BCUT2D eigenvalue weighted by atomic mass is 16.6. The summed E-state index contributed by atoms with van der Waals surface area (Å²) in [5.74, 6) is -1.08. The van der Waals surface area contributed by atoms with E-state index >= 15 is 0 Å². The molecule has 0 aliphatic rings. The van der Waals surface area contributed by atoms with Crippen LogP contribution in [-0.4, -0.2) is 21.9 Å². The number of rotatable bonds is 4. The van der Waals surface area contributed by atoms with Crippen LogP contribution in [0, 0.1) is 10.1 Å². The van der Waals surface area contributed by atoms with Gasteiger partial charge in [0.2, 0.25) is 5.91 Å². The fraction of sp³-hybridized carbons (Fsp3) is 0.273. The van der Waals surface area contributed by atoms with Gasteiger partial charge in [0, 0.05) is 18.7 Å². The summed E-state index contributed by atoms with van der Waals surface area (Å²) in [5.41, 5.74) is 0.267. The second-order valence-electron chi connectivity index (χ2n) is 3.82. The Morgan fingerprint density at radius 1 is 1.53 bits per heavy atom. The molecule has 1 amide bonds. The number of hydrogen-bond donors (Lipinski definition) is 1. The minimum Gasteiger partial charge on any atom is -0.408 e. The van der Waals surface area contributed by atoms with Gasteiger partial charge in [-0.05, 0) is 13.0 Å². The molecule has 0 saturated carbocycles. The maximum Gasteiger partial charge on any atom is 0.420 e. The Hall–Kier alpha value is -2.64. The van der Waals surface area contributed by atoms with Gasteiger partial charge in [-0.3, -0.25) is 19.5 Å². The first kappa shape index (κ1) is 12.8. The zero-order chi connectivity index (χ0) is 14.0. The summed E-state index contributed by atoms with van der Waals surface area (Å²) in [6.45, 7) is 1.95. The van der Waals surface area contributed by atoms with Crippen LogP contribution in [0.3, 0.4) is 0 Å². The van der Waals surface area contributed by atoms with Crippen LogP contribution in [0.2, 0.25) is 0 Å². The highest BCUT2D eigenvalue weighted by Gasteiger charge is 2.15. The molecule has 100 valence electrons. The van der Waals surface area contributed by atoms with E-state index in [0.717, 1.165) is 4.57 Å². The van der Waals surface area contributed by atoms with Gasteiger partial charge in [-0.2, -0.15) is 0 Å². The first-order valence-corrected chi connectivity index (χ1v) is 5.57. The van der Waals surface area contributed by atoms with Crippen molar-refractivity contribution in [1.29, 1.82) is 0 Å². The lowest BCUT2D eigenvalue weighted by molar-refractivity contribution is -0.384. The van der Waals surface area contributed by atoms with Crippen molar-refractivity contribution in [3.8, 4) is 0 Å². The Kier molecular flexibility index (Phi) is 3.32. The minimum atomic E-state index is -0.721. The number of fused-ring (bicyclic) bond motifs is 1. The highest BCUT2D eigenvalue weighted by molar-refractivity contribution is 5.80. The molecule has 1 heterocycles. The Labute approximate surface area is 106 Å². The van der Waals surface area contributed by atoms with E-state index < -0.39 is 10.7 Å². The molecular formula is C11H11N3O5. The molecule has 0 aliphatic heterocycles. The average molecular weight is 265 g/mol. The van der Waals surface area contributed by atoms with E-state index in [4.69, 9.17) is 4.42 Å². The molecule has 2 aromatic rings. The number of nitrogens with zero attached hydrogens (tertiary/aromatic N) is 2. The number of nitrogens with one attached hydrogen (secondary N) is 1. The Morgan fingerprint density at radius 3 is 2.89 bits per heavy atom. The molecule has 2 rings (SSSR count). The average Bonchev–Trinajstić information content (AvgIpc) is 2.65. The van der Waals surface area contributed by atoms with E-state index in [9.17, 15) is 19.7 Å². The molecule has 1 N–H and O–H groups in total. The molecule has 0 fully saturated rings. The fourth-order valence-corrected chi connectivity index (χ4v) is 1.71. The lowest BCUT2D eigenvalue weighted by Crippen LogP contribution is -2.30. The summed E-state index contributed by atoms with van der Waals surface area (Å²) in [6.07, 6.45) is 0. The van der Waals surface area contributed by atoms with Crippen molar-refractivity contribution in [2.45, 2.75) is 13.5 Å². The van der Waals surface area contributed by atoms with Gasteiger partial charge in [0.15, 0.2) is 5.58 Å². The Morgan fingerprint density at radius 2 is 2.26 bits per heavy atom. The standard InChI is InChI=1S/C11H11N3O5/c1-2-12-10(15)6-13-8-5-7(14(17)18)3-4-9(8)19-11(13)16/h3-5H,2,6H2,1H3,(H,12,15). The van der Waals surface area contributed by atoms with Crippen LogP contribution in [0.15, 0.2) is 27.4 Å². The molecular weight excluding hydrogens is 254 g/mol. The van der Waals surface area contributed by atoms with E-state index in [-0.39, 0.29) is 29.2 Å². The number of aromatic nitrogens is 1. The van der Waals surface area contributed by atoms with E-state index in [0.29, 0.717) is 6.54 Å². The number of non-ortho nitro benzene ring substituents is 1. The quantitative estimate of drug-likeness (QED) is 0.644. The van der Waals surface area contributed by atoms with Crippen LogP contribution in [0.4, 0.5) is 5.69 Å². The molecule has 1 aromatic carbocycles. The van der Waals surface area contributed by atoms with Gasteiger partial charge < -0.3 is 9.73 Å². The monoisotopic (exact) mass is 265 g/mol. The molecule has 8 heteroatoms. The predicted molar refractivity (Wildman–Crippen MR) is 65.8 cm³/mol. The van der Waals surface area contributed by atoms with E-state index in [1.807, 2.05) is 0 Å². The third-order valence-corrected chi connectivity index (χ3v) is 2.54. The van der Waals surface area contributed by atoms with Crippen LogP contribution in [0.5, 0.6) is 0 Å². The second kappa shape index (κ2) is 4.92. The minimum absolute atomic E-state index is 0.169. The van der Waals surface area contributed by atoms with E-state index in [2.05, 4.69) is 5.32 Å². The van der Waals surface area contributed by atoms with Crippen molar-refractivity contribution in [3.05, 3.63) is 38.9 Å². The van der Waals surface area contributed by atoms with Gasteiger partial charge in [-0.15, -0.1) is 0 Å². The third kappa shape index (κ3) is 2.46. The number of benzene rings is 1. The van der Waals surface area contributed by atoms with Crippen molar-refractivity contribution in [3.63, 3.8) is 0 Å². The summed E-state index contributed by atoms with van der Waals surface area (Å²) >= 11 is 0. The van der Waals surface area contributed by atoms with Crippen LogP contribution >= 0.6 is 0 Å². The molecule has 0 bridgehead atoms. The molecule has 0 spiro atoms. The number of carbonyl (C=O) groups excluding carboxylic acids is 1. The number of amides is 1. The summed E-state index contributed by atoms with van der Waals surface area (Å²) in [5, 5.41) is 13.2. The molecule has 0 aliphatic carbocycles. The zero-order valence-corrected chi connectivity index (χ0v) is 10.1. The van der Waals surface area contributed by atoms with Crippen molar-refractivity contribution < 1.29 is 14.1 Å². The zero-order valence-electron chi connectivity index (χ0n) is 10.1. The number of carbonyl (C=O) groups is 1. The van der Waals surface area contributed by atoms with Crippen molar-refractivity contribution in [2.24, 2.45) is 0 Å². The maximum absolute atomic E-state index is 11.6. The molecule has 19 heavy (non-hydrogen) atoms. The van der Waals surface area contributed by atoms with Gasteiger partial charge in [0.1, 0.15) is 6.54 Å². The third-order valence-electron chi connectivity index (χ3n) is 2.54. The van der Waals surface area contributed by atoms with Gasteiger partial charge in [0.25, 0.3) is 5.69 Å². The van der Waals surface area contributed by atoms with Gasteiger partial charge in [0.05, 0.1) is 10.4 Å². The lowest BCUT2D eigenvalue weighted by Gasteiger charge is -2.02. The Balaban J connectivity index is 2.50. The first-order chi connectivity index (χ1) is 9.02. The predicted octanol–water partition coefficient (Wildman–Crippen LogP) is 0.639. The lowest BCUT2D eigenvalue weighted by atomic mass is 10.3. The van der Waals surface area contributed by atoms with Crippen molar-refractivity contribution in [1.82, 2.24) is 9.88 Å². The second-order valence-corrected chi connectivity index (χ2v) is 3.82. The summed E-state index contributed by atoms with van der Waals surface area (Å²) in [7, 11) is 0. The molecule has 8 nitrogen and oxygen atoms in total. The van der Waals surface area contributed by atoms with Gasteiger partial charge >= 0.3 is 5.76 Å². The number of nitro groups is 1. The van der Waals surface area contributed by atoms with Crippen molar-refractivity contribution in [2.75, 3.05) is 6.54 Å². The van der Waals surface area contributed by atoms with Crippen LogP contribution < -0.4 is 11.1 Å². The SMILES string of the molecule is CCNC(=O)Cn1c(=O)oc2ccc([N+](=O)[O-])cc21. The molecule has 0 unspecified atom stereocenters. The molecule has 1 aromatic heterocycles. The summed E-state index contributed by atoms with van der Waals surface area (Å²) in [6, 6.07) is 3.78. The van der Waals surface area contributed by atoms with Crippen LogP contribution in [-0.2, 0) is 11.3 Å². The Bertz CT molecular complexity index is 700. The first-order valence-electron chi connectivity index (χ1n) is 5.57. The van der Waals surface area contributed by atoms with E-state index in [1.165, 1.54) is 18.2 Å². The smallest absolute Gasteiger partial charge is 0.408 e. The summed E-state index contributed by atoms with van der Waals surface area (Å²) in [4.78, 5) is 33.2.